The van der Waals surface area contributed by atoms with Crippen LogP contribution in [0.15, 0.2) is 48.8 Å². The van der Waals surface area contributed by atoms with Gasteiger partial charge >= 0.3 is 0 Å². The molecule has 8 heteroatoms. The maximum absolute atomic E-state index is 11.3. The summed E-state index contributed by atoms with van der Waals surface area (Å²) in [6.45, 7) is 7.29. The van der Waals surface area contributed by atoms with Crippen molar-refractivity contribution in [3.05, 3.63) is 59.9 Å². The highest BCUT2D eigenvalue weighted by atomic mass is 16.5. The molecule has 2 N–H and O–H groups in total. The fourth-order valence-corrected chi connectivity index (χ4v) is 3.87. The van der Waals surface area contributed by atoms with Gasteiger partial charge in [-0.15, -0.1) is 0 Å². The van der Waals surface area contributed by atoms with E-state index in [0.29, 0.717) is 17.6 Å². The average molecular weight is 433 g/mol. The van der Waals surface area contributed by atoms with Crippen molar-refractivity contribution in [1.82, 2.24) is 15.0 Å². The largest absolute Gasteiger partial charge is 0.490 e. The molecule has 1 fully saturated rings. The first kappa shape index (κ1) is 21.5. The van der Waals surface area contributed by atoms with Crippen LogP contribution < -0.4 is 20.3 Å². The maximum Gasteiger partial charge on any atom is 0.231 e. The van der Waals surface area contributed by atoms with Gasteiger partial charge in [-0.05, 0) is 55.3 Å². The Kier molecular flexibility index (Phi) is 6.49. The van der Waals surface area contributed by atoms with E-state index in [4.69, 9.17) is 4.74 Å². The molecular weight excluding hydrogens is 404 g/mol. The molecule has 1 saturated heterocycles. The van der Waals surface area contributed by atoms with Crippen LogP contribution >= 0.6 is 0 Å². The lowest BCUT2D eigenvalue weighted by atomic mass is 10.1. The number of hydrogen-bond donors (Lipinski definition) is 2. The topological polar surface area (TPSA) is 92.3 Å². The molecule has 0 radical (unpaired) electrons. The summed E-state index contributed by atoms with van der Waals surface area (Å²) in [6, 6.07) is 13.7. The first-order chi connectivity index (χ1) is 15.4. The zero-order chi connectivity index (χ0) is 22.5. The molecular formula is C24H28N6O2. The third kappa shape index (κ3) is 5.72. The van der Waals surface area contributed by atoms with Crippen LogP contribution in [0.1, 0.15) is 30.9 Å². The molecule has 2 heterocycles. The first-order valence-corrected chi connectivity index (χ1v) is 10.8. The van der Waals surface area contributed by atoms with Crippen molar-refractivity contribution >= 4 is 29.2 Å². The fraction of sp³-hybridized carbons (Fsp3) is 0.333. The summed E-state index contributed by atoms with van der Waals surface area (Å²) in [7, 11) is 0. The molecule has 1 aliphatic rings. The lowest BCUT2D eigenvalue weighted by Crippen LogP contribution is -2.39. The van der Waals surface area contributed by atoms with E-state index in [2.05, 4.69) is 62.5 Å². The third-order valence-electron chi connectivity index (χ3n) is 5.22. The van der Waals surface area contributed by atoms with Gasteiger partial charge in [-0.3, -0.25) is 4.79 Å². The van der Waals surface area contributed by atoms with Crippen LogP contribution in [0.5, 0.6) is 5.75 Å². The molecule has 0 aliphatic carbocycles. The van der Waals surface area contributed by atoms with Crippen LogP contribution in [0.3, 0.4) is 0 Å². The van der Waals surface area contributed by atoms with Gasteiger partial charge in [0, 0.05) is 44.2 Å². The summed E-state index contributed by atoms with van der Waals surface area (Å²) < 4.78 is 6.22. The lowest BCUT2D eigenvalue weighted by molar-refractivity contribution is -0.114. The van der Waals surface area contributed by atoms with Gasteiger partial charge in [-0.2, -0.15) is 4.98 Å². The zero-order valence-electron chi connectivity index (χ0n) is 18.6. The Balaban J connectivity index is 1.36. The highest BCUT2D eigenvalue weighted by Crippen LogP contribution is 2.24. The van der Waals surface area contributed by atoms with Crippen LogP contribution in [-0.4, -0.2) is 40.1 Å². The number of piperidine rings is 1. The summed E-state index contributed by atoms with van der Waals surface area (Å²) in [4.78, 5) is 26.6. The van der Waals surface area contributed by atoms with E-state index in [0.717, 1.165) is 37.4 Å². The minimum Gasteiger partial charge on any atom is -0.490 e. The Hall–Kier alpha value is -3.68. The number of nitrogens with zero attached hydrogens (tertiary/aromatic N) is 4. The van der Waals surface area contributed by atoms with Crippen molar-refractivity contribution in [2.75, 3.05) is 28.6 Å². The van der Waals surface area contributed by atoms with E-state index >= 15 is 0 Å². The SMILES string of the molecule is CC(=O)Nc1cccc(Nc2ncnc(N3CCC(Oc4cc(C)cc(C)c4)CC3)n2)c1. The summed E-state index contributed by atoms with van der Waals surface area (Å²) in [6.07, 6.45) is 3.50. The average Bonchev–Trinajstić information content (AvgIpc) is 2.73. The van der Waals surface area contributed by atoms with Gasteiger partial charge in [-0.1, -0.05) is 12.1 Å². The Morgan fingerprint density at radius 1 is 1.03 bits per heavy atom. The minimum absolute atomic E-state index is 0.116. The molecule has 0 bridgehead atoms. The number of anilines is 4. The molecule has 4 rings (SSSR count). The van der Waals surface area contributed by atoms with Crippen molar-refractivity contribution in [2.24, 2.45) is 0 Å². The van der Waals surface area contributed by atoms with E-state index in [1.807, 2.05) is 24.3 Å². The van der Waals surface area contributed by atoms with E-state index in [-0.39, 0.29) is 12.0 Å². The molecule has 0 spiro atoms. The molecule has 1 aromatic heterocycles. The molecule has 1 aliphatic heterocycles. The molecule has 2 aromatic carbocycles. The Bertz CT molecular complexity index is 1080. The smallest absolute Gasteiger partial charge is 0.231 e. The number of ether oxygens (including phenoxy) is 1. The van der Waals surface area contributed by atoms with E-state index < -0.39 is 0 Å². The van der Waals surface area contributed by atoms with Crippen molar-refractivity contribution < 1.29 is 9.53 Å². The van der Waals surface area contributed by atoms with E-state index in [1.165, 1.54) is 24.4 Å². The van der Waals surface area contributed by atoms with Gasteiger partial charge in [0.15, 0.2) is 0 Å². The standard InChI is InChI=1S/C24H28N6O2/c1-16-11-17(2)13-22(12-16)32-21-7-9-30(10-8-21)24-26-15-25-23(29-24)28-20-6-4-5-19(14-20)27-18(3)31/h4-6,11-15,21H,7-10H2,1-3H3,(H,27,31)(H,25,26,28,29). The summed E-state index contributed by atoms with van der Waals surface area (Å²) in [5.74, 6) is 1.93. The summed E-state index contributed by atoms with van der Waals surface area (Å²) >= 11 is 0. The normalized spacial score (nSPS) is 14.2. The monoisotopic (exact) mass is 432 g/mol. The Morgan fingerprint density at radius 3 is 2.47 bits per heavy atom. The second-order valence-corrected chi connectivity index (χ2v) is 8.12. The van der Waals surface area contributed by atoms with Gasteiger partial charge in [0.05, 0.1) is 0 Å². The second-order valence-electron chi connectivity index (χ2n) is 8.12. The lowest BCUT2D eigenvalue weighted by Gasteiger charge is -2.32. The van der Waals surface area contributed by atoms with Gasteiger partial charge in [0.25, 0.3) is 0 Å². The summed E-state index contributed by atoms with van der Waals surface area (Å²) in [5, 5.41) is 5.95. The van der Waals surface area contributed by atoms with Crippen molar-refractivity contribution in [3.63, 3.8) is 0 Å². The van der Waals surface area contributed by atoms with Gasteiger partial charge in [0.2, 0.25) is 17.8 Å². The molecule has 0 unspecified atom stereocenters. The highest BCUT2D eigenvalue weighted by molar-refractivity contribution is 5.89. The predicted octanol–water partition coefficient (Wildman–Crippen LogP) is 4.24. The number of aryl methyl sites for hydroxylation is 2. The van der Waals surface area contributed by atoms with Crippen molar-refractivity contribution in [1.29, 1.82) is 0 Å². The molecule has 0 atom stereocenters. The molecule has 32 heavy (non-hydrogen) atoms. The van der Waals surface area contributed by atoms with Crippen LogP contribution in [-0.2, 0) is 4.79 Å². The summed E-state index contributed by atoms with van der Waals surface area (Å²) in [5.41, 5.74) is 3.92. The zero-order valence-corrected chi connectivity index (χ0v) is 18.6. The molecule has 3 aromatic rings. The molecule has 8 nitrogen and oxygen atoms in total. The fourth-order valence-electron chi connectivity index (χ4n) is 3.87. The predicted molar refractivity (Wildman–Crippen MR) is 126 cm³/mol. The first-order valence-electron chi connectivity index (χ1n) is 10.8. The van der Waals surface area contributed by atoms with E-state index in [9.17, 15) is 4.79 Å². The number of carbonyl (C=O) groups excluding carboxylic acids is 1. The number of nitrogens with one attached hydrogen (secondary N) is 2. The minimum atomic E-state index is -0.116. The van der Waals surface area contributed by atoms with Crippen molar-refractivity contribution in [2.45, 2.75) is 39.7 Å². The van der Waals surface area contributed by atoms with Crippen LogP contribution in [0.2, 0.25) is 0 Å². The number of amides is 1. The second kappa shape index (κ2) is 9.64. The third-order valence-corrected chi connectivity index (χ3v) is 5.22. The Morgan fingerprint density at radius 2 is 1.75 bits per heavy atom. The van der Waals surface area contributed by atoms with Gasteiger partial charge < -0.3 is 20.3 Å². The number of carbonyl (C=O) groups is 1. The molecule has 166 valence electrons. The number of rotatable bonds is 6. The van der Waals surface area contributed by atoms with Crippen LogP contribution in [0, 0.1) is 13.8 Å². The number of hydrogen-bond acceptors (Lipinski definition) is 7. The highest BCUT2D eigenvalue weighted by Gasteiger charge is 2.23. The van der Waals surface area contributed by atoms with Crippen LogP contribution in [0.25, 0.3) is 0 Å². The number of benzene rings is 2. The molecule has 0 saturated carbocycles. The van der Waals surface area contributed by atoms with Gasteiger partial charge in [-0.25, -0.2) is 9.97 Å². The number of aromatic nitrogens is 3. The van der Waals surface area contributed by atoms with Gasteiger partial charge in [0.1, 0.15) is 18.2 Å². The quantitative estimate of drug-likeness (QED) is 0.602. The maximum atomic E-state index is 11.3. The van der Waals surface area contributed by atoms with Crippen LogP contribution in [0.4, 0.5) is 23.3 Å². The Labute approximate surface area is 188 Å². The van der Waals surface area contributed by atoms with Crippen molar-refractivity contribution in [3.8, 4) is 5.75 Å². The van der Waals surface area contributed by atoms with E-state index in [1.54, 1.807) is 0 Å². The molecule has 1 amide bonds.